The summed E-state index contributed by atoms with van der Waals surface area (Å²) in [6.45, 7) is 0. The van der Waals surface area contributed by atoms with E-state index in [2.05, 4.69) is 20.9 Å². The molecule has 14 heavy (non-hydrogen) atoms. The lowest BCUT2D eigenvalue weighted by atomic mass is 10.1. The number of carboxylic acid groups (broad SMARTS) is 1. The van der Waals surface area contributed by atoms with E-state index in [9.17, 15) is 4.79 Å². The van der Waals surface area contributed by atoms with Gasteiger partial charge in [0.1, 0.15) is 0 Å². The number of pyridine rings is 1. The fourth-order valence-corrected chi connectivity index (χ4v) is 1.93. The van der Waals surface area contributed by atoms with Crippen LogP contribution in [0.4, 0.5) is 0 Å². The molecule has 0 spiro atoms. The number of rotatable bonds is 1. The molecule has 4 heteroatoms. The molecule has 2 rings (SSSR count). The molecule has 1 heterocycles. The molecule has 0 aliphatic rings. The number of aromatic nitrogens is 1. The van der Waals surface area contributed by atoms with Crippen LogP contribution in [-0.4, -0.2) is 16.1 Å². The Hall–Kier alpha value is -1.42. The largest absolute Gasteiger partial charge is 0.478 e. The number of hydrogen-bond acceptors (Lipinski definition) is 2. The normalized spacial score (nSPS) is 10.4. The number of fused-ring (bicyclic) bond motifs is 1. The standard InChI is InChI=1S/C10H6BrNO2/c11-8-5-12-4-6-2-1-3-7(9(6)8)10(13)14/h1-5H,(H,13,14). The van der Waals surface area contributed by atoms with E-state index in [0.29, 0.717) is 9.86 Å². The second-order valence-corrected chi connectivity index (χ2v) is 3.68. The number of hydrogen-bond donors (Lipinski definition) is 1. The Morgan fingerprint density at radius 1 is 1.36 bits per heavy atom. The van der Waals surface area contributed by atoms with Crippen molar-refractivity contribution < 1.29 is 9.90 Å². The highest BCUT2D eigenvalue weighted by Gasteiger charge is 2.10. The summed E-state index contributed by atoms with van der Waals surface area (Å²) in [7, 11) is 0. The van der Waals surface area contributed by atoms with Crippen LogP contribution in [0.2, 0.25) is 0 Å². The molecule has 0 unspecified atom stereocenters. The maximum Gasteiger partial charge on any atom is 0.336 e. The lowest BCUT2D eigenvalue weighted by Gasteiger charge is -2.03. The van der Waals surface area contributed by atoms with Crippen LogP contribution in [0.5, 0.6) is 0 Å². The fourth-order valence-electron chi connectivity index (χ4n) is 1.37. The van der Waals surface area contributed by atoms with Crippen molar-refractivity contribution in [3.8, 4) is 0 Å². The molecule has 0 amide bonds. The Bertz CT molecular complexity index is 505. The van der Waals surface area contributed by atoms with Crippen molar-refractivity contribution in [3.05, 3.63) is 40.6 Å². The summed E-state index contributed by atoms with van der Waals surface area (Å²) in [6.07, 6.45) is 3.24. The van der Waals surface area contributed by atoms with Crippen molar-refractivity contribution in [1.82, 2.24) is 4.98 Å². The third kappa shape index (κ3) is 1.37. The second kappa shape index (κ2) is 3.38. The Morgan fingerprint density at radius 2 is 2.14 bits per heavy atom. The van der Waals surface area contributed by atoms with Crippen molar-refractivity contribution in [2.24, 2.45) is 0 Å². The van der Waals surface area contributed by atoms with Gasteiger partial charge < -0.3 is 5.11 Å². The molecular formula is C10H6BrNO2. The zero-order chi connectivity index (χ0) is 10.1. The average molecular weight is 252 g/mol. The van der Waals surface area contributed by atoms with Gasteiger partial charge in [-0.15, -0.1) is 0 Å². The van der Waals surface area contributed by atoms with Crippen LogP contribution >= 0.6 is 15.9 Å². The van der Waals surface area contributed by atoms with E-state index in [1.807, 2.05) is 6.07 Å². The molecule has 1 N–H and O–H groups in total. The number of carboxylic acids is 1. The predicted octanol–water partition coefficient (Wildman–Crippen LogP) is 2.70. The van der Waals surface area contributed by atoms with Crippen molar-refractivity contribution in [3.63, 3.8) is 0 Å². The molecule has 1 aromatic heterocycles. The fraction of sp³-hybridized carbons (Fsp3) is 0. The van der Waals surface area contributed by atoms with Crippen LogP contribution in [-0.2, 0) is 0 Å². The smallest absolute Gasteiger partial charge is 0.336 e. The topological polar surface area (TPSA) is 50.2 Å². The Morgan fingerprint density at radius 3 is 2.86 bits per heavy atom. The van der Waals surface area contributed by atoms with Crippen LogP contribution in [0, 0.1) is 0 Å². The molecular weight excluding hydrogens is 246 g/mol. The van der Waals surface area contributed by atoms with Gasteiger partial charge in [0.25, 0.3) is 0 Å². The summed E-state index contributed by atoms with van der Waals surface area (Å²) < 4.78 is 0.702. The minimum Gasteiger partial charge on any atom is -0.478 e. The molecule has 0 aliphatic heterocycles. The second-order valence-electron chi connectivity index (χ2n) is 2.83. The highest BCUT2D eigenvalue weighted by molar-refractivity contribution is 9.10. The first-order valence-electron chi connectivity index (χ1n) is 3.95. The molecule has 0 radical (unpaired) electrons. The number of nitrogens with zero attached hydrogens (tertiary/aromatic N) is 1. The maximum atomic E-state index is 10.9. The lowest BCUT2D eigenvalue weighted by Crippen LogP contribution is -1.97. The molecule has 70 valence electrons. The zero-order valence-corrected chi connectivity index (χ0v) is 8.65. The van der Waals surface area contributed by atoms with Crippen LogP contribution < -0.4 is 0 Å². The third-order valence-corrected chi connectivity index (χ3v) is 2.57. The first-order chi connectivity index (χ1) is 6.70. The summed E-state index contributed by atoms with van der Waals surface area (Å²) >= 11 is 3.29. The summed E-state index contributed by atoms with van der Waals surface area (Å²) in [5.74, 6) is -0.928. The lowest BCUT2D eigenvalue weighted by molar-refractivity contribution is 0.0699. The maximum absolute atomic E-state index is 10.9. The van der Waals surface area contributed by atoms with Crippen molar-refractivity contribution in [2.75, 3.05) is 0 Å². The van der Waals surface area contributed by atoms with Gasteiger partial charge in [-0.1, -0.05) is 12.1 Å². The summed E-state index contributed by atoms with van der Waals surface area (Å²) in [5, 5.41) is 10.5. The molecule has 2 aromatic rings. The van der Waals surface area contributed by atoms with Gasteiger partial charge in [-0.05, 0) is 22.0 Å². The van der Waals surface area contributed by atoms with Gasteiger partial charge in [-0.2, -0.15) is 0 Å². The third-order valence-electron chi connectivity index (χ3n) is 1.97. The van der Waals surface area contributed by atoms with Crippen LogP contribution in [0.1, 0.15) is 10.4 Å². The molecule has 0 fully saturated rings. The van der Waals surface area contributed by atoms with Gasteiger partial charge in [0.05, 0.1) is 5.56 Å². The SMILES string of the molecule is O=C(O)c1cccc2cncc(Br)c12. The average Bonchev–Trinajstić information content (AvgIpc) is 2.17. The Balaban J connectivity index is 2.91. The molecule has 0 saturated carbocycles. The highest BCUT2D eigenvalue weighted by atomic mass is 79.9. The highest BCUT2D eigenvalue weighted by Crippen LogP contribution is 2.25. The van der Waals surface area contributed by atoms with E-state index >= 15 is 0 Å². The van der Waals surface area contributed by atoms with Crippen LogP contribution in [0.25, 0.3) is 10.8 Å². The van der Waals surface area contributed by atoms with Crippen molar-refractivity contribution in [2.45, 2.75) is 0 Å². The predicted molar refractivity (Wildman–Crippen MR) is 56.4 cm³/mol. The molecule has 0 aliphatic carbocycles. The molecule has 0 saturated heterocycles. The first kappa shape index (κ1) is 9.15. The first-order valence-corrected chi connectivity index (χ1v) is 4.75. The minimum atomic E-state index is -0.928. The van der Waals surface area contributed by atoms with Gasteiger partial charge >= 0.3 is 5.97 Å². The van der Waals surface area contributed by atoms with E-state index in [4.69, 9.17) is 5.11 Å². The van der Waals surface area contributed by atoms with Crippen LogP contribution in [0.15, 0.2) is 35.1 Å². The molecule has 1 aromatic carbocycles. The van der Waals surface area contributed by atoms with Gasteiger partial charge in [0.15, 0.2) is 0 Å². The van der Waals surface area contributed by atoms with E-state index in [0.717, 1.165) is 5.39 Å². The van der Waals surface area contributed by atoms with Crippen molar-refractivity contribution >= 4 is 32.7 Å². The van der Waals surface area contributed by atoms with Crippen molar-refractivity contribution in [1.29, 1.82) is 0 Å². The number of carbonyl (C=O) groups is 1. The number of aromatic carboxylic acids is 1. The molecule has 3 nitrogen and oxygen atoms in total. The van der Waals surface area contributed by atoms with E-state index < -0.39 is 5.97 Å². The van der Waals surface area contributed by atoms with Gasteiger partial charge in [0, 0.05) is 27.6 Å². The summed E-state index contributed by atoms with van der Waals surface area (Å²) in [4.78, 5) is 14.9. The van der Waals surface area contributed by atoms with Gasteiger partial charge in [0.2, 0.25) is 0 Å². The molecule has 0 bridgehead atoms. The minimum absolute atomic E-state index is 0.289. The Kier molecular flexibility index (Phi) is 2.21. The van der Waals surface area contributed by atoms with Crippen LogP contribution in [0.3, 0.4) is 0 Å². The number of halogens is 1. The van der Waals surface area contributed by atoms with E-state index in [1.54, 1.807) is 24.5 Å². The molecule has 0 atom stereocenters. The monoisotopic (exact) mass is 251 g/mol. The van der Waals surface area contributed by atoms with Gasteiger partial charge in [-0.25, -0.2) is 4.79 Å². The van der Waals surface area contributed by atoms with E-state index in [-0.39, 0.29) is 5.56 Å². The summed E-state index contributed by atoms with van der Waals surface area (Å²) in [6, 6.07) is 5.12. The van der Waals surface area contributed by atoms with Gasteiger partial charge in [-0.3, -0.25) is 4.98 Å². The zero-order valence-electron chi connectivity index (χ0n) is 7.07. The quantitative estimate of drug-likeness (QED) is 0.848. The number of benzene rings is 1. The Labute approximate surface area is 88.5 Å². The van der Waals surface area contributed by atoms with E-state index in [1.165, 1.54) is 0 Å². The summed E-state index contributed by atoms with van der Waals surface area (Å²) in [5.41, 5.74) is 0.289.